The molecule has 4 atom stereocenters. The Morgan fingerprint density at radius 2 is 1.77 bits per heavy atom. The van der Waals surface area contributed by atoms with E-state index < -0.39 is 61.4 Å². The summed E-state index contributed by atoms with van der Waals surface area (Å²) in [4.78, 5) is 34.5. The summed E-state index contributed by atoms with van der Waals surface area (Å²) in [5.41, 5.74) is 2.61. The van der Waals surface area contributed by atoms with E-state index in [2.05, 4.69) is 4.74 Å². The van der Waals surface area contributed by atoms with E-state index in [4.69, 9.17) is 9.05 Å². The van der Waals surface area contributed by atoms with E-state index in [1.54, 1.807) is 6.92 Å². The summed E-state index contributed by atoms with van der Waals surface area (Å²) in [6, 6.07) is 0. The molecule has 0 aromatic heterocycles. The van der Waals surface area contributed by atoms with Crippen molar-refractivity contribution in [3.05, 3.63) is 82.4 Å². The number of cyclic esters (lactones) is 1. The highest BCUT2D eigenvalue weighted by Gasteiger charge is 2.44. The Hall–Kier alpha value is -3.01. The third kappa shape index (κ3) is 8.74. The van der Waals surface area contributed by atoms with Crippen LogP contribution >= 0.6 is 7.82 Å². The van der Waals surface area contributed by atoms with Crippen LogP contribution in [0.1, 0.15) is 48.0 Å². The SMILES string of the molecule is C/C=C/C=C(C)/C=C/C=C(C)/C=C/C1=C(C)C(=O)C(OP(=O)(O)OC[C@H](O)[C@H]2OC(=O)C(O)=C2O)CC1(C)C. The first kappa shape index (κ1) is 32.2. The molecule has 2 aliphatic rings. The highest BCUT2D eigenvalue weighted by atomic mass is 31.2. The van der Waals surface area contributed by atoms with Crippen LogP contribution in [0.25, 0.3) is 0 Å². The van der Waals surface area contributed by atoms with Crippen LogP contribution in [0, 0.1) is 5.41 Å². The number of rotatable bonds is 11. The standard InChI is InChI=1S/C28H37O10P/c1-7-8-10-17(2)11-9-12-18(3)13-14-20-19(4)23(30)22(15-28(20,5)6)38-39(34,35)36-16-21(29)26-24(31)25(32)27(33)37-26/h7-14,21-22,26,29,31-32H,15-16H2,1-6H3,(H,34,35)/b8-7+,11-9+,14-13+,17-10+,18-12+/t21-,22?,26+/m0/s1. The highest BCUT2D eigenvalue weighted by Crippen LogP contribution is 2.50. The first-order valence-corrected chi connectivity index (χ1v) is 13.8. The second-order valence-electron chi connectivity index (χ2n) is 10.0. The number of ether oxygens (including phenoxy) is 1. The number of aliphatic hydroxyl groups is 3. The van der Waals surface area contributed by atoms with Gasteiger partial charge in [0.05, 0.1) is 6.61 Å². The predicted molar refractivity (Wildman–Crippen MR) is 146 cm³/mol. The zero-order valence-corrected chi connectivity index (χ0v) is 23.8. The molecule has 2 unspecified atom stereocenters. The first-order valence-electron chi connectivity index (χ1n) is 12.3. The van der Waals surface area contributed by atoms with Gasteiger partial charge in [0.15, 0.2) is 17.6 Å². The number of carbonyl (C=O) groups is 2. The molecule has 0 bridgehead atoms. The molecule has 0 spiro atoms. The summed E-state index contributed by atoms with van der Waals surface area (Å²) in [5.74, 6) is -3.72. The van der Waals surface area contributed by atoms with Crippen molar-refractivity contribution in [3.8, 4) is 0 Å². The van der Waals surface area contributed by atoms with Crippen LogP contribution in [-0.2, 0) is 27.9 Å². The molecule has 214 valence electrons. The molecule has 0 aromatic carbocycles. The minimum Gasteiger partial charge on any atom is -0.505 e. The third-order valence-corrected chi connectivity index (χ3v) is 7.23. The van der Waals surface area contributed by atoms with Gasteiger partial charge in [-0.05, 0) is 50.7 Å². The molecule has 0 amide bonds. The second-order valence-corrected chi connectivity index (χ2v) is 11.4. The first-order chi connectivity index (χ1) is 18.1. The Morgan fingerprint density at radius 1 is 1.15 bits per heavy atom. The highest BCUT2D eigenvalue weighted by molar-refractivity contribution is 7.47. The quantitative estimate of drug-likeness (QED) is 0.153. The second kappa shape index (κ2) is 13.4. The van der Waals surface area contributed by atoms with Crippen LogP contribution in [-0.4, -0.2) is 56.9 Å². The lowest BCUT2D eigenvalue weighted by atomic mass is 9.71. The van der Waals surface area contributed by atoms with Gasteiger partial charge in [0.1, 0.15) is 12.2 Å². The largest absolute Gasteiger partial charge is 0.505 e. The van der Waals surface area contributed by atoms with Crippen molar-refractivity contribution in [2.75, 3.05) is 6.61 Å². The van der Waals surface area contributed by atoms with Crippen LogP contribution < -0.4 is 0 Å². The summed E-state index contributed by atoms with van der Waals surface area (Å²) in [6.07, 6.45) is 10.9. The van der Waals surface area contributed by atoms with Crippen molar-refractivity contribution in [1.82, 2.24) is 0 Å². The predicted octanol–water partition coefficient (Wildman–Crippen LogP) is 5.00. The molecule has 11 heteroatoms. The number of hydrogen-bond donors (Lipinski definition) is 4. The molecule has 39 heavy (non-hydrogen) atoms. The van der Waals surface area contributed by atoms with E-state index in [-0.39, 0.29) is 6.42 Å². The number of allylic oxidation sites excluding steroid dienone is 11. The van der Waals surface area contributed by atoms with E-state index in [9.17, 15) is 34.4 Å². The molecule has 1 aliphatic heterocycles. The lowest BCUT2D eigenvalue weighted by molar-refractivity contribution is -0.147. The zero-order chi connectivity index (χ0) is 29.5. The number of ketones is 1. The van der Waals surface area contributed by atoms with Gasteiger partial charge in [-0.3, -0.25) is 13.8 Å². The molecule has 1 heterocycles. The maximum absolute atomic E-state index is 13.0. The van der Waals surface area contributed by atoms with Gasteiger partial charge in [-0.15, -0.1) is 0 Å². The van der Waals surface area contributed by atoms with E-state index in [1.807, 2.05) is 83.2 Å². The van der Waals surface area contributed by atoms with Gasteiger partial charge in [-0.1, -0.05) is 73.6 Å². The van der Waals surface area contributed by atoms with Crippen molar-refractivity contribution in [3.63, 3.8) is 0 Å². The van der Waals surface area contributed by atoms with Crippen LogP contribution in [0.4, 0.5) is 0 Å². The summed E-state index contributed by atoms with van der Waals surface area (Å²) >= 11 is 0. The van der Waals surface area contributed by atoms with E-state index >= 15 is 0 Å². The number of carbonyl (C=O) groups excluding carboxylic acids is 2. The monoisotopic (exact) mass is 564 g/mol. The van der Waals surface area contributed by atoms with Crippen LogP contribution in [0.15, 0.2) is 82.4 Å². The van der Waals surface area contributed by atoms with Crippen molar-refractivity contribution >= 4 is 19.6 Å². The Kier molecular flexibility index (Phi) is 11.0. The minimum atomic E-state index is -4.85. The number of phosphoric acid groups is 1. The number of hydrogen-bond acceptors (Lipinski definition) is 9. The molecule has 1 aliphatic carbocycles. The molecule has 0 fully saturated rings. The van der Waals surface area contributed by atoms with E-state index in [0.717, 1.165) is 16.7 Å². The molecule has 0 aromatic rings. The van der Waals surface area contributed by atoms with Gasteiger partial charge in [-0.2, -0.15) is 0 Å². The normalized spacial score (nSPS) is 25.3. The fourth-order valence-corrected chi connectivity index (χ4v) is 4.98. The van der Waals surface area contributed by atoms with Gasteiger partial charge in [0.2, 0.25) is 5.76 Å². The average molecular weight is 565 g/mol. The fraction of sp³-hybridized carbons (Fsp3) is 0.429. The molecule has 10 nitrogen and oxygen atoms in total. The van der Waals surface area contributed by atoms with Crippen LogP contribution in [0.5, 0.6) is 0 Å². The molecule has 0 radical (unpaired) electrons. The molecule has 4 N–H and O–H groups in total. The van der Waals surface area contributed by atoms with Gasteiger partial charge in [-0.25, -0.2) is 9.36 Å². The lowest BCUT2D eigenvalue weighted by Crippen LogP contribution is -2.37. The van der Waals surface area contributed by atoms with Gasteiger partial charge < -0.3 is 24.9 Å². The smallest absolute Gasteiger partial charge is 0.472 e. The van der Waals surface area contributed by atoms with E-state index in [0.29, 0.717) is 5.57 Å². The van der Waals surface area contributed by atoms with Crippen molar-refractivity contribution in [2.45, 2.75) is 66.3 Å². The fourth-order valence-electron chi connectivity index (χ4n) is 4.09. The molecule has 2 rings (SSSR count). The average Bonchev–Trinajstić information content (AvgIpc) is 3.11. The Labute approximate surface area is 228 Å². The molecular weight excluding hydrogens is 527 g/mol. The topological polar surface area (TPSA) is 160 Å². The zero-order valence-electron chi connectivity index (χ0n) is 23.0. The Bertz CT molecular complexity index is 1230. The van der Waals surface area contributed by atoms with Crippen molar-refractivity contribution < 1.29 is 48.2 Å². The summed E-state index contributed by atoms with van der Waals surface area (Å²) < 4.78 is 27.1. The molecule has 0 saturated carbocycles. The maximum atomic E-state index is 13.0. The third-order valence-electron chi connectivity index (χ3n) is 6.23. The Morgan fingerprint density at radius 3 is 2.36 bits per heavy atom. The van der Waals surface area contributed by atoms with Gasteiger partial charge >= 0.3 is 13.8 Å². The van der Waals surface area contributed by atoms with Crippen LogP contribution in [0.2, 0.25) is 0 Å². The number of Topliss-reactive ketones (excluding diaryl/α,β-unsaturated/α-hetero) is 1. The Balaban J connectivity index is 2.09. The van der Waals surface area contributed by atoms with Gasteiger partial charge in [0.25, 0.3) is 0 Å². The van der Waals surface area contributed by atoms with E-state index in [1.165, 1.54) is 0 Å². The summed E-state index contributed by atoms with van der Waals surface area (Å²) in [5, 5.41) is 29.0. The van der Waals surface area contributed by atoms with Crippen molar-refractivity contribution in [2.24, 2.45) is 5.41 Å². The maximum Gasteiger partial charge on any atom is 0.472 e. The number of phosphoric ester groups is 1. The van der Waals surface area contributed by atoms with Gasteiger partial charge in [0, 0.05) is 0 Å². The number of aliphatic hydroxyl groups excluding tert-OH is 3. The molecule has 0 saturated heterocycles. The minimum absolute atomic E-state index is 0.0918. The number of esters is 1. The molecular formula is C28H37O10P. The summed E-state index contributed by atoms with van der Waals surface area (Å²) in [7, 11) is -4.85. The van der Waals surface area contributed by atoms with Crippen molar-refractivity contribution in [1.29, 1.82) is 0 Å². The lowest BCUT2D eigenvalue weighted by Gasteiger charge is -2.36. The summed E-state index contributed by atoms with van der Waals surface area (Å²) in [6.45, 7) is 10.4. The van der Waals surface area contributed by atoms with Crippen LogP contribution in [0.3, 0.4) is 0 Å².